The van der Waals surface area contributed by atoms with Crippen molar-refractivity contribution in [3.8, 4) is 0 Å². The van der Waals surface area contributed by atoms with Gasteiger partial charge in [-0.2, -0.15) is 0 Å². The number of phosphoric ester groups is 1. The molecule has 19 nitrogen and oxygen atoms in total. The van der Waals surface area contributed by atoms with E-state index in [2.05, 4.69) is 24.9 Å². The zero-order chi connectivity index (χ0) is 32.3. The monoisotopic (exact) mass is 696 g/mol. The summed E-state index contributed by atoms with van der Waals surface area (Å²) in [5.41, 5.74) is 4.77. The van der Waals surface area contributed by atoms with Gasteiger partial charge in [0.25, 0.3) is 5.56 Å². The van der Waals surface area contributed by atoms with Gasteiger partial charge in [0.15, 0.2) is 41.6 Å². The van der Waals surface area contributed by atoms with Crippen LogP contribution in [0.4, 0.5) is 14.6 Å². The lowest BCUT2D eigenvalue weighted by Crippen LogP contribution is -2.40. The molecule has 45 heavy (non-hydrogen) atoms. The fourth-order valence-corrected chi connectivity index (χ4v) is 7.26. The van der Waals surface area contributed by atoms with Crippen molar-refractivity contribution in [2.45, 2.75) is 43.0 Å². The molecule has 4 aromatic heterocycles. The van der Waals surface area contributed by atoms with Gasteiger partial charge in [-0.1, -0.05) is 0 Å². The Morgan fingerprint density at radius 1 is 1.13 bits per heavy atom. The van der Waals surface area contributed by atoms with E-state index >= 15 is 4.39 Å². The minimum absolute atomic E-state index is 0.00604. The maximum atomic E-state index is 16.0. The number of nitrogens with one attached hydrogen (secondary N) is 1. The van der Waals surface area contributed by atoms with Gasteiger partial charge in [-0.05, 0) is 11.8 Å². The molecule has 6 heterocycles. The molecule has 9 atom stereocenters. The van der Waals surface area contributed by atoms with E-state index in [0.717, 1.165) is 24.3 Å². The van der Waals surface area contributed by atoms with Crippen LogP contribution in [0.3, 0.4) is 0 Å². The van der Waals surface area contributed by atoms with Gasteiger partial charge in [-0.25, -0.2) is 33.3 Å². The Kier molecular flexibility index (Phi) is 8.61. The zero-order valence-electron chi connectivity index (χ0n) is 22.7. The molecule has 0 saturated carbocycles. The van der Waals surface area contributed by atoms with Crippen LogP contribution in [0.2, 0.25) is 0 Å². The van der Waals surface area contributed by atoms with Crippen LogP contribution in [0.25, 0.3) is 22.2 Å². The molecule has 6 N–H and O–H groups in total. The third-order valence-corrected chi connectivity index (χ3v) is 9.56. The van der Waals surface area contributed by atoms with Gasteiger partial charge in [0.2, 0.25) is 0 Å². The summed E-state index contributed by atoms with van der Waals surface area (Å²) in [6.07, 6.45) is -8.52. The number of aromatic nitrogens is 7. The van der Waals surface area contributed by atoms with Crippen molar-refractivity contribution in [1.29, 1.82) is 0 Å². The number of alkyl halides is 1. The SMILES string of the molecule is CO[C@@H]1COP(O)(=S)O[C@H]2[C@@H](F)[C@H](n3cnc4c(N)ncnc43)O[C@@H]2COP(=O)(O)O[C@@H](n2cc(F)c3c(=O)[nH]cnc32)[C@@H]1O. The number of phosphoric acid groups is 1. The summed E-state index contributed by atoms with van der Waals surface area (Å²) in [5.74, 6) is -1.09. The molecule has 4 aromatic rings. The molecule has 2 saturated heterocycles. The predicted octanol–water partition coefficient (Wildman–Crippen LogP) is 0.162. The van der Waals surface area contributed by atoms with Crippen molar-refractivity contribution in [3.63, 3.8) is 0 Å². The Morgan fingerprint density at radius 2 is 1.91 bits per heavy atom. The first-order valence-corrected chi connectivity index (χ1v) is 16.9. The summed E-state index contributed by atoms with van der Waals surface area (Å²) >= 11 is 5.08. The Balaban J connectivity index is 1.37. The minimum Gasteiger partial charge on any atom is -0.386 e. The lowest BCUT2D eigenvalue weighted by Gasteiger charge is -2.31. The van der Waals surface area contributed by atoms with Gasteiger partial charge in [0, 0.05) is 13.3 Å². The lowest BCUT2D eigenvalue weighted by molar-refractivity contribution is -0.112. The van der Waals surface area contributed by atoms with Crippen molar-refractivity contribution in [3.05, 3.63) is 41.3 Å². The van der Waals surface area contributed by atoms with Crippen LogP contribution in [0.1, 0.15) is 12.5 Å². The molecule has 2 fully saturated rings. The molecule has 6 rings (SSSR count). The van der Waals surface area contributed by atoms with Gasteiger partial charge >= 0.3 is 14.5 Å². The molecule has 2 aliphatic rings. The molecule has 24 heteroatoms. The average molecular weight is 696 g/mol. The molecular weight excluding hydrogens is 672 g/mol. The normalized spacial score (nSPS) is 35.1. The van der Waals surface area contributed by atoms with E-state index in [1.54, 1.807) is 0 Å². The molecule has 244 valence electrons. The summed E-state index contributed by atoms with van der Waals surface area (Å²) < 4.78 is 78.2. The highest BCUT2D eigenvalue weighted by atomic mass is 32.5. The fraction of sp³-hybridized carbons (Fsp3) is 0.476. The number of nitrogens with zero attached hydrogens (tertiary/aromatic N) is 6. The number of aliphatic hydroxyl groups excluding tert-OH is 1. The van der Waals surface area contributed by atoms with E-state index in [1.807, 2.05) is 0 Å². The summed E-state index contributed by atoms with van der Waals surface area (Å²) in [4.78, 5) is 51.8. The van der Waals surface area contributed by atoms with Crippen LogP contribution < -0.4 is 11.3 Å². The first-order chi connectivity index (χ1) is 21.3. The van der Waals surface area contributed by atoms with Crippen molar-refractivity contribution < 1.29 is 55.8 Å². The number of imidazole rings is 1. The Bertz CT molecular complexity index is 1900. The van der Waals surface area contributed by atoms with Crippen LogP contribution in [-0.2, 0) is 43.9 Å². The smallest absolute Gasteiger partial charge is 0.386 e. The van der Waals surface area contributed by atoms with Gasteiger partial charge in [0.05, 0.1) is 25.9 Å². The average Bonchev–Trinajstić information content (AvgIpc) is 3.65. The van der Waals surface area contributed by atoms with E-state index in [-0.39, 0.29) is 22.6 Å². The molecule has 2 aliphatic heterocycles. The highest BCUT2D eigenvalue weighted by Crippen LogP contribution is 2.53. The fourth-order valence-electron chi connectivity index (χ4n) is 4.93. The standard InChI is InChI=1S/C21H24F2N8O11P2S/c1-37-9-3-39-44(36,45)41-15-10(40-20(12(15)23)31-7-29-13-16(24)25-5-27-18(13)31)4-38-43(34,35)42-21(14(9)32)30-2-8(22)11-17(30)26-6-28-19(11)33/h2,5-7,9-10,12,14-15,20-21,32H,3-4H2,1H3,(H,34,35)(H,36,45)(H2,24,25,27)(H,26,28,33)/t9-,10-,12-,14-,15-,20-,21-,44?/m1/s1. The van der Waals surface area contributed by atoms with E-state index in [9.17, 15) is 28.6 Å². The molecule has 0 aromatic carbocycles. The van der Waals surface area contributed by atoms with Crippen molar-refractivity contribution in [1.82, 2.24) is 34.1 Å². The maximum absolute atomic E-state index is 16.0. The number of ether oxygens (including phenoxy) is 2. The first-order valence-electron chi connectivity index (χ1n) is 12.8. The highest BCUT2D eigenvalue weighted by Gasteiger charge is 2.51. The zero-order valence-corrected chi connectivity index (χ0v) is 25.3. The Morgan fingerprint density at radius 3 is 2.67 bits per heavy atom. The number of rotatable bonds is 3. The molecule has 0 radical (unpaired) electrons. The Labute approximate surface area is 254 Å². The van der Waals surface area contributed by atoms with Crippen molar-refractivity contribution in [2.24, 2.45) is 0 Å². The lowest BCUT2D eigenvalue weighted by atomic mass is 10.1. The predicted molar refractivity (Wildman–Crippen MR) is 149 cm³/mol. The number of aliphatic hydroxyl groups is 1. The van der Waals surface area contributed by atoms with E-state index in [4.69, 9.17) is 45.1 Å². The van der Waals surface area contributed by atoms with E-state index < -0.39 is 87.6 Å². The second kappa shape index (κ2) is 12.1. The summed E-state index contributed by atoms with van der Waals surface area (Å²) in [5, 5.41) is 10.6. The molecule has 0 amide bonds. The molecule has 0 bridgehead atoms. The van der Waals surface area contributed by atoms with Crippen molar-refractivity contribution in [2.75, 3.05) is 26.1 Å². The van der Waals surface area contributed by atoms with Crippen molar-refractivity contribution >= 4 is 54.4 Å². The quantitative estimate of drug-likeness (QED) is 0.179. The maximum Gasteiger partial charge on any atom is 0.474 e. The molecular formula is C21H24F2N8O11P2S. The number of hydrogen-bond donors (Lipinski definition) is 5. The number of H-pyrrole nitrogens is 1. The number of anilines is 1. The summed E-state index contributed by atoms with van der Waals surface area (Å²) in [7, 11) is -4.16. The van der Waals surface area contributed by atoms with Crippen LogP contribution in [-0.4, -0.2) is 99.9 Å². The minimum atomic E-state index is -5.26. The van der Waals surface area contributed by atoms with Crippen LogP contribution in [0, 0.1) is 5.82 Å². The van der Waals surface area contributed by atoms with Gasteiger partial charge in [-0.3, -0.25) is 27.5 Å². The van der Waals surface area contributed by atoms with E-state index in [0.29, 0.717) is 6.20 Å². The van der Waals surface area contributed by atoms with Crippen LogP contribution >= 0.6 is 14.5 Å². The topological polar surface area (TPSA) is 253 Å². The first kappa shape index (κ1) is 32.1. The number of halogens is 2. The Hall–Kier alpha value is -2.85. The third kappa shape index (κ3) is 6.04. The molecule has 0 aliphatic carbocycles. The van der Waals surface area contributed by atoms with Gasteiger partial charge in [0.1, 0.15) is 41.6 Å². The molecule has 0 spiro atoms. The number of nitrogen functional groups attached to an aromatic ring is 1. The molecule has 2 unspecified atom stereocenters. The number of aromatic amines is 1. The number of fused-ring (bicyclic) bond motifs is 3. The van der Waals surface area contributed by atoms with Gasteiger partial charge in [-0.15, -0.1) is 0 Å². The van der Waals surface area contributed by atoms with Crippen LogP contribution in [0.5, 0.6) is 0 Å². The van der Waals surface area contributed by atoms with E-state index in [1.165, 1.54) is 10.9 Å². The summed E-state index contributed by atoms with van der Waals surface area (Å²) in [6, 6.07) is 0. The number of methoxy groups -OCH3 is 1. The van der Waals surface area contributed by atoms with Gasteiger partial charge < -0.3 is 39.6 Å². The second-order valence-electron chi connectivity index (χ2n) is 9.77. The largest absolute Gasteiger partial charge is 0.474 e. The highest BCUT2D eigenvalue weighted by molar-refractivity contribution is 8.07. The number of nitrogens with two attached hydrogens (primary N) is 1. The van der Waals surface area contributed by atoms with Crippen LogP contribution in [0.15, 0.2) is 30.0 Å². The summed E-state index contributed by atoms with van der Waals surface area (Å²) in [6.45, 7) is -6.00. The third-order valence-electron chi connectivity index (χ3n) is 7.05. The number of hydrogen-bond acceptors (Lipinski definition) is 15. The second-order valence-corrected chi connectivity index (χ2v) is 14.0.